The lowest BCUT2D eigenvalue weighted by Gasteiger charge is -2.71. The highest BCUT2D eigenvalue weighted by atomic mass is 16.9. The molecule has 1 saturated carbocycles. The number of aliphatic imine (C=N–C) groups is 1. The van der Waals surface area contributed by atoms with Gasteiger partial charge in [0.2, 0.25) is 0 Å². The van der Waals surface area contributed by atoms with Gasteiger partial charge in [-0.25, -0.2) is 4.99 Å². The van der Waals surface area contributed by atoms with E-state index in [1.165, 1.54) is 12.1 Å². The van der Waals surface area contributed by atoms with Crippen LogP contribution in [0.3, 0.4) is 0 Å². The van der Waals surface area contributed by atoms with E-state index in [1.807, 2.05) is 0 Å². The number of hydrogen-bond acceptors (Lipinski definition) is 15. The number of nitrogens with zero attached hydrogens (tertiary/aromatic N) is 5. The summed E-state index contributed by atoms with van der Waals surface area (Å²) in [5, 5.41) is 78.0. The van der Waals surface area contributed by atoms with E-state index in [2.05, 4.69) is 31.0 Å². The van der Waals surface area contributed by atoms with Crippen molar-refractivity contribution >= 4 is 23.0 Å². The average molecular weight is 523 g/mol. The van der Waals surface area contributed by atoms with Crippen LogP contribution in [0.25, 0.3) is 10.4 Å². The van der Waals surface area contributed by atoms with Crippen LogP contribution in [-0.4, -0.2) is 104 Å². The van der Waals surface area contributed by atoms with Gasteiger partial charge < -0.3 is 56.7 Å². The van der Waals surface area contributed by atoms with Crippen LogP contribution in [0, 0.1) is 16.0 Å². The molecule has 1 aromatic carbocycles. The van der Waals surface area contributed by atoms with Gasteiger partial charge in [0.1, 0.15) is 35.1 Å². The van der Waals surface area contributed by atoms with Crippen molar-refractivity contribution in [3.8, 4) is 0 Å². The predicted octanol–water partition coefficient (Wildman–Crippen LogP) is -2.96. The number of aliphatic hydroxyl groups is 5. The summed E-state index contributed by atoms with van der Waals surface area (Å²) in [7, 11) is 0. The van der Waals surface area contributed by atoms with E-state index in [0.29, 0.717) is 0 Å². The van der Waals surface area contributed by atoms with Gasteiger partial charge in [0, 0.05) is 36.3 Å². The van der Waals surface area contributed by atoms with E-state index < -0.39 is 58.6 Å². The standard InChI is InChI=1S/C19H25N9O9/c20-16-24-14(30)10-12-17(32,13-11(29)18(10,25-16)15(31)19(33,36-12)37-13)6-22-3-4-23-8-2-1-7(26-27-21)5-9(8)28(34)35/h1-2,5,10-15,22-23,29-33H,3-4,6H2,(H3,20,24,25)/t10-,11-,12-,13+,14-,15+,17+,18-,19+/m1/s1. The van der Waals surface area contributed by atoms with Crippen LogP contribution < -0.4 is 21.7 Å². The first-order valence-electron chi connectivity index (χ1n) is 11.2. The third-order valence-electron chi connectivity index (χ3n) is 7.33. The topological polar surface area (TPSA) is 286 Å². The van der Waals surface area contributed by atoms with E-state index >= 15 is 0 Å². The van der Waals surface area contributed by atoms with Crippen molar-refractivity contribution in [1.29, 1.82) is 0 Å². The lowest BCUT2D eigenvalue weighted by Crippen LogP contribution is -2.95. The fourth-order valence-electron chi connectivity index (χ4n) is 5.77. The largest absolute Gasteiger partial charge is 0.388 e. The molecule has 18 heteroatoms. The third kappa shape index (κ3) is 3.58. The van der Waals surface area contributed by atoms with Gasteiger partial charge in [-0.05, 0) is 11.6 Å². The summed E-state index contributed by atoms with van der Waals surface area (Å²) in [6, 6.07) is 3.92. The maximum atomic E-state index is 11.6. The number of rotatable bonds is 8. The number of aliphatic hydroxyl groups excluding tert-OH is 3. The van der Waals surface area contributed by atoms with E-state index in [4.69, 9.17) is 20.7 Å². The predicted molar refractivity (Wildman–Crippen MR) is 122 cm³/mol. The minimum Gasteiger partial charge on any atom is -0.388 e. The third-order valence-corrected chi connectivity index (χ3v) is 7.33. The number of hydrogen-bond donors (Lipinski definition) is 9. The highest BCUT2D eigenvalue weighted by molar-refractivity contribution is 5.80. The molecule has 5 aliphatic rings. The molecule has 1 spiro atoms. The first-order chi connectivity index (χ1) is 17.5. The molecule has 37 heavy (non-hydrogen) atoms. The van der Waals surface area contributed by atoms with E-state index in [-0.39, 0.29) is 42.7 Å². The molecule has 0 amide bonds. The minimum absolute atomic E-state index is 0.0792. The van der Waals surface area contributed by atoms with Gasteiger partial charge in [-0.15, -0.1) is 0 Å². The lowest BCUT2D eigenvalue weighted by molar-refractivity contribution is -0.546. The fraction of sp³-hybridized carbons (Fsp3) is 0.632. The second kappa shape index (κ2) is 8.62. The Balaban J connectivity index is 1.29. The zero-order valence-corrected chi connectivity index (χ0v) is 19.0. The Labute approximate surface area is 207 Å². The number of nitro groups is 1. The van der Waals surface area contributed by atoms with Crippen LogP contribution in [0.1, 0.15) is 0 Å². The highest BCUT2D eigenvalue weighted by Gasteiger charge is 2.82. The van der Waals surface area contributed by atoms with Gasteiger partial charge in [0.15, 0.2) is 18.3 Å². The van der Waals surface area contributed by atoms with Crippen LogP contribution in [0.15, 0.2) is 28.3 Å². The van der Waals surface area contributed by atoms with Gasteiger partial charge in [-0.3, -0.25) is 10.1 Å². The Morgan fingerprint density at radius 3 is 2.70 bits per heavy atom. The van der Waals surface area contributed by atoms with Crippen LogP contribution in [0.5, 0.6) is 0 Å². The number of ether oxygens (including phenoxy) is 2. The Kier molecular flexibility index (Phi) is 5.90. The maximum Gasteiger partial charge on any atom is 0.311 e. The first kappa shape index (κ1) is 25.3. The summed E-state index contributed by atoms with van der Waals surface area (Å²) in [6.45, 7) is 0.0454. The molecule has 6 rings (SSSR count). The molecule has 0 aromatic heterocycles. The van der Waals surface area contributed by atoms with Gasteiger partial charge in [0.05, 0.1) is 10.8 Å². The fourth-order valence-corrected chi connectivity index (χ4v) is 5.77. The average Bonchev–Trinajstić information content (AvgIpc) is 2.83. The molecule has 4 aliphatic heterocycles. The molecule has 200 valence electrons. The summed E-state index contributed by atoms with van der Waals surface area (Å²) in [4.78, 5) is 17.1. The molecule has 0 unspecified atom stereocenters. The Hall–Kier alpha value is -3.32. The summed E-state index contributed by atoms with van der Waals surface area (Å²) < 4.78 is 10.9. The Morgan fingerprint density at radius 2 is 2.00 bits per heavy atom. The summed E-state index contributed by atoms with van der Waals surface area (Å²) in [6.07, 6.45) is -7.91. The molecule has 4 fully saturated rings. The first-order valence-corrected chi connectivity index (χ1v) is 11.2. The van der Waals surface area contributed by atoms with Crippen LogP contribution in [0.4, 0.5) is 17.1 Å². The molecule has 4 bridgehead atoms. The molecular weight excluding hydrogens is 498 g/mol. The number of nitrogens with one attached hydrogen (secondary N) is 3. The number of guanidine groups is 1. The number of benzene rings is 1. The molecule has 1 aliphatic carbocycles. The number of nitrogens with two attached hydrogens (primary N) is 1. The van der Waals surface area contributed by atoms with E-state index in [0.717, 1.165) is 6.07 Å². The number of azide groups is 1. The normalized spacial score (nSPS) is 41.3. The van der Waals surface area contributed by atoms with Gasteiger partial charge >= 0.3 is 5.97 Å². The number of anilines is 1. The van der Waals surface area contributed by atoms with Crippen molar-refractivity contribution in [3.63, 3.8) is 0 Å². The number of nitro benzene ring substituents is 1. The van der Waals surface area contributed by atoms with Gasteiger partial charge in [-0.2, -0.15) is 0 Å². The van der Waals surface area contributed by atoms with Crippen molar-refractivity contribution in [3.05, 3.63) is 38.8 Å². The van der Waals surface area contributed by atoms with Crippen molar-refractivity contribution < 1.29 is 39.9 Å². The second-order valence-corrected chi connectivity index (χ2v) is 9.31. The van der Waals surface area contributed by atoms with Crippen LogP contribution in [0.2, 0.25) is 0 Å². The molecular formula is C19H25N9O9. The molecule has 18 nitrogen and oxygen atoms in total. The molecule has 3 saturated heterocycles. The zero-order chi connectivity index (χ0) is 26.8. The summed E-state index contributed by atoms with van der Waals surface area (Å²) >= 11 is 0. The van der Waals surface area contributed by atoms with Crippen molar-refractivity contribution in [2.75, 3.05) is 25.0 Å². The summed E-state index contributed by atoms with van der Waals surface area (Å²) in [5.74, 6) is -4.07. The summed E-state index contributed by atoms with van der Waals surface area (Å²) in [5.41, 5.74) is 10.4. The van der Waals surface area contributed by atoms with Crippen LogP contribution >= 0.6 is 0 Å². The highest BCUT2D eigenvalue weighted by Crippen LogP contribution is 2.58. The van der Waals surface area contributed by atoms with E-state index in [9.17, 15) is 35.6 Å². The maximum absolute atomic E-state index is 11.6. The second-order valence-electron chi connectivity index (χ2n) is 9.31. The van der Waals surface area contributed by atoms with Gasteiger partial charge in [0.25, 0.3) is 5.69 Å². The van der Waals surface area contributed by atoms with E-state index in [1.54, 1.807) is 0 Å². The SMILES string of the molecule is [N-]=[N+]=Nc1ccc(NCCNC[C@]2(O)[C@@H]3O[C@]4(O)O[C@H]2[C@@H](O)[C@@]2(NC(N)=N[C@H](O)[C@@H]32)[C@@H]4O)c([N+](=O)[O-])c1. The van der Waals surface area contributed by atoms with Crippen molar-refractivity contribution in [1.82, 2.24) is 10.6 Å². The zero-order valence-electron chi connectivity index (χ0n) is 19.0. The quantitative estimate of drug-likeness (QED) is 0.0411. The van der Waals surface area contributed by atoms with Crippen molar-refractivity contribution in [2.45, 2.75) is 47.8 Å². The van der Waals surface area contributed by atoms with Crippen molar-refractivity contribution in [2.24, 2.45) is 21.8 Å². The molecule has 1 aromatic rings. The van der Waals surface area contributed by atoms with Crippen LogP contribution in [-0.2, 0) is 9.47 Å². The molecule has 0 radical (unpaired) electrons. The smallest absolute Gasteiger partial charge is 0.311 e. The molecule has 10 N–H and O–H groups in total. The molecule has 9 atom stereocenters. The molecule has 4 heterocycles. The Bertz CT molecular complexity index is 1200. The minimum atomic E-state index is -2.58. The Morgan fingerprint density at radius 1 is 1.27 bits per heavy atom. The monoisotopic (exact) mass is 523 g/mol. The lowest BCUT2D eigenvalue weighted by atomic mass is 9.55. The van der Waals surface area contributed by atoms with Gasteiger partial charge in [-0.1, -0.05) is 11.2 Å².